The number of hydrogen-bond donors (Lipinski definition) is 2. The van der Waals surface area contributed by atoms with E-state index in [1.165, 1.54) is 22.2 Å². The summed E-state index contributed by atoms with van der Waals surface area (Å²) in [6, 6.07) is 14.1. The van der Waals surface area contributed by atoms with Gasteiger partial charge in [-0.15, -0.1) is 0 Å². The Bertz CT molecular complexity index is 1320. The molecule has 6 nitrogen and oxygen atoms in total. The van der Waals surface area contributed by atoms with Gasteiger partial charge in [0.2, 0.25) is 0 Å². The lowest BCUT2D eigenvalue weighted by Gasteiger charge is -2.26. The summed E-state index contributed by atoms with van der Waals surface area (Å²) in [5.41, 5.74) is 11.5. The first kappa shape index (κ1) is 20.5. The summed E-state index contributed by atoms with van der Waals surface area (Å²) >= 11 is 0. The largest absolute Gasteiger partial charge is 0.384 e. The molecule has 0 saturated carbocycles. The van der Waals surface area contributed by atoms with Gasteiger partial charge in [-0.2, -0.15) is 0 Å². The molecule has 3 heterocycles. The molecule has 0 spiro atoms. The second-order valence-electron chi connectivity index (χ2n) is 8.49. The Labute approximate surface area is 188 Å². The van der Waals surface area contributed by atoms with E-state index in [0.29, 0.717) is 17.9 Å². The molecule has 3 N–H and O–H groups in total. The van der Waals surface area contributed by atoms with Gasteiger partial charge in [-0.05, 0) is 60.3 Å². The number of likely N-dealkylation sites (N-methyl/N-ethyl adjacent to an activating group) is 1. The zero-order valence-corrected chi connectivity index (χ0v) is 18.7. The second kappa shape index (κ2) is 8.28. The van der Waals surface area contributed by atoms with Crippen molar-refractivity contribution < 1.29 is 4.79 Å². The Morgan fingerprint density at radius 1 is 1.09 bits per heavy atom. The Kier molecular flexibility index (Phi) is 5.31. The number of nitrogens with one attached hydrogen (secondary N) is 1. The van der Waals surface area contributed by atoms with E-state index >= 15 is 0 Å². The number of anilines is 1. The van der Waals surface area contributed by atoms with Crippen LogP contribution in [-0.2, 0) is 26.1 Å². The number of aromatic nitrogens is 2. The number of nitrogen functional groups attached to an aromatic ring is 1. The number of amides is 1. The number of hydrogen-bond acceptors (Lipinski definition) is 4. The maximum atomic E-state index is 13.0. The molecule has 5 rings (SSSR count). The zero-order valence-electron chi connectivity index (χ0n) is 18.7. The Morgan fingerprint density at radius 2 is 1.97 bits per heavy atom. The SMILES string of the molecule is CCN1CCc2c(c3cc(C(=O)NCc4ccc5cc(N)ncc5c4)ccc3n2CC)C1. The van der Waals surface area contributed by atoms with E-state index in [4.69, 9.17) is 5.73 Å². The molecule has 164 valence electrons. The van der Waals surface area contributed by atoms with Crippen LogP contribution >= 0.6 is 0 Å². The number of nitrogens with two attached hydrogens (primary N) is 1. The van der Waals surface area contributed by atoms with Gasteiger partial charge in [0.1, 0.15) is 5.82 Å². The fraction of sp³-hybridized carbons (Fsp3) is 0.308. The molecule has 2 aromatic heterocycles. The number of carbonyl (C=O) groups excluding carboxylic acids is 1. The van der Waals surface area contributed by atoms with Gasteiger partial charge in [0.05, 0.1) is 0 Å². The minimum Gasteiger partial charge on any atom is -0.384 e. The summed E-state index contributed by atoms with van der Waals surface area (Å²) in [7, 11) is 0. The maximum absolute atomic E-state index is 13.0. The Hall–Kier alpha value is -3.38. The Balaban J connectivity index is 1.39. The molecule has 2 aromatic carbocycles. The van der Waals surface area contributed by atoms with E-state index in [1.807, 2.05) is 30.3 Å². The lowest BCUT2D eigenvalue weighted by Crippen LogP contribution is -2.30. The van der Waals surface area contributed by atoms with Crippen molar-refractivity contribution in [2.75, 3.05) is 18.8 Å². The van der Waals surface area contributed by atoms with Crippen LogP contribution in [0, 0.1) is 0 Å². The van der Waals surface area contributed by atoms with Crippen molar-refractivity contribution in [2.24, 2.45) is 0 Å². The zero-order chi connectivity index (χ0) is 22.2. The first-order chi connectivity index (χ1) is 15.6. The first-order valence-corrected chi connectivity index (χ1v) is 11.4. The second-order valence-corrected chi connectivity index (χ2v) is 8.49. The van der Waals surface area contributed by atoms with Crippen LogP contribution in [0.5, 0.6) is 0 Å². The number of aryl methyl sites for hydroxylation is 1. The molecule has 1 aliphatic heterocycles. The molecule has 0 atom stereocenters. The molecule has 6 heteroatoms. The number of pyridine rings is 1. The highest BCUT2D eigenvalue weighted by molar-refractivity contribution is 5.99. The van der Waals surface area contributed by atoms with E-state index in [1.54, 1.807) is 6.20 Å². The molecule has 0 aliphatic carbocycles. The van der Waals surface area contributed by atoms with Crippen LogP contribution < -0.4 is 11.1 Å². The monoisotopic (exact) mass is 427 g/mol. The summed E-state index contributed by atoms with van der Waals surface area (Å²) in [4.78, 5) is 19.6. The number of benzene rings is 2. The van der Waals surface area contributed by atoms with E-state index in [2.05, 4.69) is 45.7 Å². The van der Waals surface area contributed by atoms with Crippen LogP contribution in [0.1, 0.15) is 41.0 Å². The third-order valence-electron chi connectivity index (χ3n) is 6.62. The van der Waals surface area contributed by atoms with Gasteiger partial charge in [0.25, 0.3) is 5.91 Å². The molecular weight excluding hydrogens is 398 g/mol. The highest BCUT2D eigenvalue weighted by Crippen LogP contribution is 2.31. The predicted molar refractivity (Wildman–Crippen MR) is 130 cm³/mol. The van der Waals surface area contributed by atoms with Gasteiger partial charge in [-0.1, -0.05) is 19.1 Å². The highest BCUT2D eigenvalue weighted by atomic mass is 16.1. The average Bonchev–Trinajstić information content (AvgIpc) is 3.14. The molecular formula is C26H29N5O. The van der Waals surface area contributed by atoms with Crippen molar-refractivity contribution in [3.8, 4) is 0 Å². The lowest BCUT2D eigenvalue weighted by molar-refractivity contribution is 0.0951. The third-order valence-corrected chi connectivity index (χ3v) is 6.62. The molecule has 0 bridgehead atoms. The molecule has 0 fully saturated rings. The normalized spacial score (nSPS) is 14.1. The number of rotatable bonds is 5. The van der Waals surface area contributed by atoms with E-state index < -0.39 is 0 Å². The van der Waals surface area contributed by atoms with Crippen LogP contribution in [0.25, 0.3) is 21.7 Å². The van der Waals surface area contributed by atoms with E-state index in [0.717, 1.165) is 48.9 Å². The standard InChI is InChI=1S/C26H29N5O/c1-3-30-10-9-24-22(16-30)21-12-19(7-8-23(21)31(24)4-2)26(32)29-14-17-5-6-18-13-25(27)28-15-20(18)11-17/h5-8,11-13,15H,3-4,9-10,14,16H2,1-2H3,(H2,27,28)(H,29,32). The van der Waals surface area contributed by atoms with Crippen molar-refractivity contribution in [1.82, 2.24) is 19.8 Å². The quantitative estimate of drug-likeness (QED) is 0.503. The molecule has 0 saturated heterocycles. The van der Waals surface area contributed by atoms with Gasteiger partial charge < -0.3 is 15.6 Å². The average molecular weight is 428 g/mol. The molecule has 1 aliphatic rings. The summed E-state index contributed by atoms with van der Waals surface area (Å²) in [6.45, 7) is 8.92. The number of nitrogens with zero attached hydrogens (tertiary/aromatic N) is 3. The maximum Gasteiger partial charge on any atom is 0.251 e. The van der Waals surface area contributed by atoms with Gasteiger partial charge in [-0.3, -0.25) is 9.69 Å². The van der Waals surface area contributed by atoms with Gasteiger partial charge in [0, 0.05) is 66.3 Å². The first-order valence-electron chi connectivity index (χ1n) is 11.4. The molecule has 0 radical (unpaired) electrons. The summed E-state index contributed by atoms with van der Waals surface area (Å²) in [6.07, 6.45) is 2.83. The van der Waals surface area contributed by atoms with Crippen LogP contribution in [0.4, 0.5) is 5.82 Å². The lowest BCUT2D eigenvalue weighted by atomic mass is 10.0. The van der Waals surface area contributed by atoms with Gasteiger partial charge in [0.15, 0.2) is 0 Å². The smallest absolute Gasteiger partial charge is 0.251 e. The van der Waals surface area contributed by atoms with Gasteiger partial charge >= 0.3 is 0 Å². The number of fused-ring (bicyclic) bond motifs is 4. The van der Waals surface area contributed by atoms with Crippen molar-refractivity contribution in [1.29, 1.82) is 0 Å². The molecule has 1 amide bonds. The van der Waals surface area contributed by atoms with Crippen molar-refractivity contribution >= 4 is 33.4 Å². The minimum absolute atomic E-state index is 0.0522. The van der Waals surface area contributed by atoms with Crippen LogP contribution in [0.15, 0.2) is 48.7 Å². The fourth-order valence-corrected chi connectivity index (χ4v) is 4.88. The summed E-state index contributed by atoms with van der Waals surface area (Å²) in [5, 5.41) is 6.35. The van der Waals surface area contributed by atoms with Crippen LogP contribution in [0.3, 0.4) is 0 Å². The predicted octanol–water partition coefficient (Wildman–Crippen LogP) is 4.10. The molecule has 32 heavy (non-hydrogen) atoms. The van der Waals surface area contributed by atoms with E-state index in [9.17, 15) is 4.79 Å². The van der Waals surface area contributed by atoms with Crippen molar-refractivity contribution in [3.05, 3.63) is 71.0 Å². The van der Waals surface area contributed by atoms with Gasteiger partial charge in [-0.25, -0.2) is 4.98 Å². The fourth-order valence-electron chi connectivity index (χ4n) is 4.88. The van der Waals surface area contributed by atoms with Crippen LogP contribution in [-0.4, -0.2) is 33.4 Å². The van der Waals surface area contributed by atoms with Crippen molar-refractivity contribution in [3.63, 3.8) is 0 Å². The summed E-state index contributed by atoms with van der Waals surface area (Å²) < 4.78 is 2.41. The minimum atomic E-state index is -0.0522. The topological polar surface area (TPSA) is 76.2 Å². The molecule has 4 aromatic rings. The third kappa shape index (κ3) is 3.60. The molecule has 0 unspecified atom stereocenters. The van der Waals surface area contributed by atoms with Crippen molar-refractivity contribution in [2.45, 2.75) is 39.9 Å². The Morgan fingerprint density at radius 3 is 2.78 bits per heavy atom. The van der Waals surface area contributed by atoms with Crippen LogP contribution in [0.2, 0.25) is 0 Å². The number of carbonyl (C=O) groups is 1. The van der Waals surface area contributed by atoms with E-state index in [-0.39, 0.29) is 5.91 Å². The summed E-state index contributed by atoms with van der Waals surface area (Å²) in [5.74, 6) is 0.457. The highest BCUT2D eigenvalue weighted by Gasteiger charge is 2.23.